The summed E-state index contributed by atoms with van der Waals surface area (Å²) in [5, 5.41) is 6.05. The predicted octanol–water partition coefficient (Wildman–Crippen LogP) is 3.64. The van der Waals surface area contributed by atoms with Gasteiger partial charge in [0, 0.05) is 13.0 Å². The van der Waals surface area contributed by atoms with E-state index in [0.717, 1.165) is 44.4 Å². The van der Waals surface area contributed by atoms with Gasteiger partial charge in [-0.2, -0.15) is 0 Å². The number of carbonyl (C=O) groups excluding carboxylic acids is 1. The van der Waals surface area contributed by atoms with E-state index in [1.165, 1.54) is 0 Å². The summed E-state index contributed by atoms with van der Waals surface area (Å²) in [6.07, 6.45) is 5.78. The Balaban J connectivity index is 1.82. The van der Waals surface area contributed by atoms with Crippen molar-refractivity contribution in [2.75, 3.05) is 18.5 Å². The Bertz CT molecular complexity index is 545. The Morgan fingerprint density at radius 3 is 2.96 bits per heavy atom. The van der Waals surface area contributed by atoms with Crippen LogP contribution in [0.3, 0.4) is 0 Å². The second-order valence-corrected chi connectivity index (χ2v) is 6.31. The van der Waals surface area contributed by atoms with E-state index in [4.69, 9.17) is 21.7 Å². The smallest absolute Gasteiger partial charge is 0.226 e. The molecule has 24 heavy (non-hydrogen) atoms. The van der Waals surface area contributed by atoms with Crippen LogP contribution in [0.15, 0.2) is 24.3 Å². The van der Waals surface area contributed by atoms with E-state index in [-0.39, 0.29) is 12.0 Å². The van der Waals surface area contributed by atoms with Crippen LogP contribution in [0.4, 0.5) is 5.69 Å². The largest absolute Gasteiger partial charge is 0.489 e. The second-order valence-electron chi connectivity index (χ2n) is 5.90. The summed E-state index contributed by atoms with van der Waals surface area (Å²) < 4.78 is 11.4. The van der Waals surface area contributed by atoms with Crippen LogP contribution in [-0.2, 0) is 9.53 Å². The normalized spacial score (nSPS) is 16.6. The molecule has 1 fully saturated rings. The molecule has 2 N–H and O–H groups in total. The maximum Gasteiger partial charge on any atom is 0.226 e. The molecule has 1 aromatic rings. The van der Waals surface area contributed by atoms with Crippen LogP contribution in [0, 0.1) is 0 Å². The zero-order valence-electron chi connectivity index (χ0n) is 14.2. The van der Waals surface area contributed by atoms with E-state index in [2.05, 4.69) is 17.6 Å². The molecule has 1 aliphatic heterocycles. The number of thiocarbonyl (C=S) groups is 1. The SMILES string of the molecule is CCCCCC(=O)NC(=S)Nc1ccccc1OCC1CCCO1. The van der Waals surface area contributed by atoms with Gasteiger partial charge >= 0.3 is 0 Å². The summed E-state index contributed by atoms with van der Waals surface area (Å²) in [6, 6.07) is 7.55. The van der Waals surface area contributed by atoms with Crippen LogP contribution in [0.5, 0.6) is 5.75 Å². The van der Waals surface area contributed by atoms with Crippen molar-refractivity contribution in [1.82, 2.24) is 5.32 Å². The van der Waals surface area contributed by atoms with Crippen molar-refractivity contribution in [1.29, 1.82) is 0 Å². The molecule has 0 saturated carbocycles. The first-order chi connectivity index (χ1) is 11.7. The van der Waals surface area contributed by atoms with E-state index in [1.54, 1.807) is 0 Å². The Labute approximate surface area is 149 Å². The lowest BCUT2D eigenvalue weighted by Crippen LogP contribution is -2.34. The van der Waals surface area contributed by atoms with Gasteiger partial charge in [0.1, 0.15) is 12.4 Å². The third kappa shape index (κ3) is 6.45. The maximum atomic E-state index is 11.8. The van der Waals surface area contributed by atoms with E-state index in [0.29, 0.717) is 23.9 Å². The number of amides is 1. The van der Waals surface area contributed by atoms with E-state index < -0.39 is 0 Å². The number of carbonyl (C=O) groups is 1. The third-order valence-corrected chi connectivity index (χ3v) is 4.05. The average Bonchev–Trinajstić information content (AvgIpc) is 3.07. The number of para-hydroxylation sites is 2. The topological polar surface area (TPSA) is 59.6 Å². The predicted molar refractivity (Wildman–Crippen MR) is 99.4 cm³/mol. The van der Waals surface area contributed by atoms with E-state index in [1.807, 2.05) is 24.3 Å². The first-order valence-electron chi connectivity index (χ1n) is 8.63. The van der Waals surface area contributed by atoms with Crippen LogP contribution in [0.1, 0.15) is 45.4 Å². The van der Waals surface area contributed by atoms with Gasteiger partial charge in [-0.15, -0.1) is 0 Å². The molecule has 0 aliphatic carbocycles. The fourth-order valence-corrected chi connectivity index (χ4v) is 2.76. The number of nitrogens with one attached hydrogen (secondary N) is 2. The lowest BCUT2D eigenvalue weighted by molar-refractivity contribution is -0.119. The number of unbranched alkanes of at least 4 members (excludes halogenated alkanes) is 2. The molecular weight excluding hydrogens is 324 g/mol. The highest BCUT2D eigenvalue weighted by molar-refractivity contribution is 7.80. The summed E-state index contributed by atoms with van der Waals surface area (Å²) in [7, 11) is 0. The minimum absolute atomic E-state index is 0.0568. The van der Waals surface area contributed by atoms with Gasteiger partial charge < -0.3 is 20.1 Å². The zero-order valence-corrected chi connectivity index (χ0v) is 15.0. The monoisotopic (exact) mass is 350 g/mol. The van der Waals surface area contributed by atoms with Gasteiger partial charge in [0.15, 0.2) is 5.11 Å². The number of hydrogen-bond donors (Lipinski definition) is 2. The molecule has 0 bridgehead atoms. The number of benzene rings is 1. The van der Waals surface area contributed by atoms with Gasteiger partial charge in [-0.25, -0.2) is 0 Å². The van der Waals surface area contributed by atoms with E-state index in [9.17, 15) is 4.79 Å². The maximum absolute atomic E-state index is 11.8. The highest BCUT2D eigenvalue weighted by Gasteiger charge is 2.17. The lowest BCUT2D eigenvalue weighted by Gasteiger charge is -2.16. The van der Waals surface area contributed by atoms with Crippen molar-refractivity contribution in [2.45, 2.75) is 51.6 Å². The highest BCUT2D eigenvalue weighted by atomic mass is 32.1. The molecule has 0 spiro atoms. The van der Waals surface area contributed by atoms with Crippen molar-refractivity contribution < 1.29 is 14.3 Å². The molecular formula is C18H26N2O3S. The number of hydrogen-bond acceptors (Lipinski definition) is 4. The molecule has 2 rings (SSSR count). The molecule has 1 heterocycles. The van der Waals surface area contributed by atoms with Crippen molar-refractivity contribution in [2.24, 2.45) is 0 Å². The Kier molecular flexibility index (Phi) is 7.98. The molecule has 1 aromatic carbocycles. The molecule has 1 aliphatic rings. The van der Waals surface area contributed by atoms with Gasteiger partial charge in [0.2, 0.25) is 5.91 Å². The number of anilines is 1. The summed E-state index contributed by atoms with van der Waals surface area (Å²) in [5.74, 6) is 0.647. The summed E-state index contributed by atoms with van der Waals surface area (Å²) in [4.78, 5) is 11.8. The van der Waals surface area contributed by atoms with Crippen LogP contribution in [0.25, 0.3) is 0 Å². The molecule has 1 atom stereocenters. The number of rotatable bonds is 8. The Morgan fingerprint density at radius 1 is 1.38 bits per heavy atom. The first kappa shape index (κ1) is 18.7. The molecule has 132 valence electrons. The minimum Gasteiger partial charge on any atom is -0.489 e. The molecule has 0 aromatic heterocycles. The fraction of sp³-hybridized carbons (Fsp3) is 0.556. The zero-order chi connectivity index (χ0) is 17.2. The van der Waals surface area contributed by atoms with Crippen LogP contribution in [0.2, 0.25) is 0 Å². The Hall–Kier alpha value is -1.66. The first-order valence-corrected chi connectivity index (χ1v) is 9.04. The van der Waals surface area contributed by atoms with Gasteiger partial charge in [0.25, 0.3) is 0 Å². The second kappa shape index (κ2) is 10.3. The van der Waals surface area contributed by atoms with Crippen LogP contribution < -0.4 is 15.4 Å². The highest BCUT2D eigenvalue weighted by Crippen LogP contribution is 2.25. The molecule has 6 heteroatoms. The molecule has 5 nitrogen and oxygen atoms in total. The van der Waals surface area contributed by atoms with Gasteiger partial charge in [-0.1, -0.05) is 31.9 Å². The average molecular weight is 350 g/mol. The third-order valence-electron chi connectivity index (χ3n) is 3.84. The van der Waals surface area contributed by atoms with Gasteiger partial charge in [0.05, 0.1) is 11.8 Å². The number of ether oxygens (including phenoxy) is 2. The summed E-state index contributed by atoms with van der Waals surface area (Å²) >= 11 is 5.22. The lowest BCUT2D eigenvalue weighted by atomic mass is 10.2. The van der Waals surface area contributed by atoms with Gasteiger partial charge in [-0.05, 0) is 43.6 Å². The van der Waals surface area contributed by atoms with Crippen molar-refractivity contribution in [3.8, 4) is 5.75 Å². The van der Waals surface area contributed by atoms with Crippen LogP contribution in [-0.4, -0.2) is 30.3 Å². The molecule has 0 radical (unpaired) electrons. The van der Waals surface area contributed by atoms with Crippen molar-refractivity contribution >= 4 is 28.9 Å². The summed E-state index contributed by atoms with van der Waals surface area (Å²) in [5.41, 5.74) is 0.745. The van der Waals surface area contributed by atoms with Crippen molar-refractivity contribution in [3.05, 3.63) is 24.3 Å². The minimum atomic E-state index is -0.0568. The fourth-order valence-electron chi connectivity index (χ4n) is 2.53. The molecule has 1 unspecified atom stereocenters. The van der Waals surface area contributed by atoms with Crippen molar-refractivity contribution in [3.63, 3.8) is 0 Å². The standard InChI is InChI=1S/C18H26N2O3S/c1-2-3-4-11-17(21)20-18(24)19-15-9-5-6-10-16(15)23-13-14-8-7-12-22-14/h5-6,9-10,14H,2-4,7-8,11-13H2,1H3,(H2,19,20,21,24). The van der Waals surface area contributed by atoms with Gasteiger partial charge in [-0.3, -0.25) is 4.79 Å². The molecule has 1 amide bonds. The summed E-state index contributed by atoms with van der Waals surface area (Å²) in [6.45, 7) is 3.44. The van der Waals surface area contributed by atoms with E-state index >= 15 is 0 Å². The Morgan fingerprint density at radius 2 is 2.21 bits per heavy atom. The quantitative estimate of drug-likeness (QED) is 0.554. The van der Waals surface area contributed by atoms with Crippen LogP contribution >= 0.6 is 12.2 Å². The molecule has 1 saturated heterocycles.